The number of hydrogen-bond acceptors (Lipinski definition) is 4. The fraction of sp³-hybridized carbons (Fsp3) is 0. The fourth-order valence-corrected chi connectivity index (χ4v) is 0.517. The van der Waals surface area contributed by atoms with Crippen molar-refractivity contribution in [3.63, 3.8) is 0 Å². The van der Waals surface area contributed by atoms with Crippen molar-refractivity contribution >= 4 is 28.5 Å². The quantitative estimate of drug-likeness (QED) is 0.630. The van der Waals surface area contributed by atoms with Crippen molar-refractivity contribution < 1.29 is 0 Å². The second kappa shape index (κ2) is 2.21. The number of nitrogens with zero attached hydrogens (tertiary/aromatic N) is 3. The first-order valence-corrected chi connectivity index (χ1v) is 2.97. The summed E-state index contributed by atoms with van der Waals surface area (Å²) < 4.78 is 0.747. The van der Waals surface area contributed by atoms with Gasteiger partial charge < -0.3 is 5.73 Å². The molecule has 0 saturated heterocycles. The molecule has 2 N–H and O–H groups in total. The molecule has 1 heterocycles. The van der Waals surface area contributed by atoms with Crippen LogP contribution in [0.5, 0.6) is 0 Å². The van der Waals surface area contributed by atoms with Gasteiger partial charge >= 0.3 is 0 Å². The molecule has 0 aliphatic rings. The van der Waals surface area contributed by atoms with Gasteiger partial charge in [0.15, 0.2) is 0 Å². The van der Waals surface area contributed by atoms with Gasteiger partial charge in [0.1, 0.15) is 3.70 Å². The van der Waals surface area contributed by atoms with Crippen molar-refractivity contribution in [2.75, 3.05) is 5.73 Å². The molecule has 0 radical (unpaired) electrons. The molecule has 0 spiro atoms. The summed E-state index contributed by atoms with van der Waals surface area (Å²) in [4.78, 5) is 3.68. The summed E-state index contributed by atoms with van der Waals surface area (Å²) in [7, 11) is 0. The van der Waals surface area contributed by atoms with Crippen LogP contribution in [0.15, 0.2) is 6.20 Å². The summed E-state index contributed by atoms with van der Waals surface area (Å²) in [5, 5.41) is 7.12. The molecule has 0 unspecified atom stereocenters. The van der Waals surface area contributed by atoms with E-state index in [4.69, 9.17) is 5.73 Å². The zero-order valence-electron chi connectivity index (χ0n) is 3.87. The fourth-order valence-electron chi connectivity index (χ4n) is 0.270. The van der Waals surface area contributed by atoms with E-state index in [1.807, 2.05) is 22.6 Å². The van der Waals surface area contributed by atoms with Crippen molar-refractivity contribution in [2.45, 2.75) is 0 Å². The minimum absolute atomic E-state index is 0.213. The van der Waals surface area contributed by atoms with E-state index in [2.05, 4.69) is 15.2 Å². The predicted octanol–water partition coefficient (Wildman–Crippen LogP) is 0.0584. The highest BCUT2D eigenvalue weighted by Crippen LogP contribution is 1.94. The van der Waals surface area contributed by atoms with Crippen LogP contribution in [0.25, 0.3) is 0 Å². The molecular weight excluding hydrogens is 219 g/mol. The lowest BCUT2D eigenvalue weighted by molar-refractivity contribution is 0.958. The third kappa shape index (κ3) is 1.25. The summed E-state index contributed by atoms with van der Waals surface area (Å²) in [6.07, 6.45) is 1.56. The zero-order valence-corrected chi connectivity index (χ0v) is 6.03. The summed E-state index contributed by atoms with van der Waals surface area (Å²) in [6.45, 7) is 0. The minimum Gasteiger partial charge on any atom is -0.366 e. The Morgan fingerprint density at radius 2 is 2.25 bits per heavy atom. The number of nitrogen functional groups attached to an aromatic ring is 1. The van der Waals surface area contributed by atoms with E-state index in [0.29, 0.717) is 0 Å². The van der Waals surface area contributed by atoms with Gasteiger partial charge in [-0.3, -0.25) is 0 Å². The average molecular weight is 222 g/mol. The summed E-state index contributed by atoms with van der Waals surface area (Å²) >= 11 is 2.00. The Kier molecular flexibility index (Phi) is 1.56. The number of nitrogens with two attached hydrogens (primary N) is 1. The molecular formula is C3H3IN4. The van der Waals surface area contributed by atoms with Gasteiger partial charge in [0, 0.05) is 0 Å². The lowest BCUT2D eigenvalue weighted by atomic mass is 10.9. The summed E-state index contributed by atoms with van der Waals surface area (Å²) in [5.41, 5.74) is 5.14. The molecule has 4 nitrogen and oxygen atoms in total. The Morgan fingerprint density at radius 1 is 1.50 bits per heavy atom. The number of rotatable bonds is 0. The van der Waals surface area contributed by atoms with Crippen LogP contribution < -0.4 is 5.73 Å². The van der Waals surface area contributed by atoms with E-state index in [1.54, 1.807) is 6.20 Å². The van der Waals surface area contributed by atoms with Crippen LogP contribution in [0.2, 0.25) is 0 Å². The molecule has 1 aromatic rings. The van der Waals surface area contributed by atoms with Crippen LogP contribution >= 0.6 is 22.6 Å². The smallest absolute Gasteiger partial charge is 0.240 e. The molecule has 0 saturated carbocycles. The van der Waals surface area contributed by atoms with Crippen LogP contribution in [-0.4, -0.2) is 15.2 Å². The third-order valence-electron chi connectivity index (χ3n) is 0.551. The molecule has 0 bridgehead atoms. The Hall–Kier alpha value is -0.460. The van der Waals surface area contributed by atoms with Gasteiger partial charge in [-0.05, 0) is 22.6 Å². The molecule has 1 rings (SSSR count). The van der Waals surface area contributed by atoms with Gasteiger partial charge in [-0.25, -0.2) is 4.98 Å². The highest BCUT2D eigenvalue weighted by Gasteiger charge is 1.86. The molecule has 1 aromatic heterocycles. The van der Waals surface area contributed by atoms with E-state index >= 15 is 0 Å². The standard InChI is InChI=1S/C3H3IN4/c4-2-1-6-3(5)8-7-2/h1H,(H2,5,6,8). The third-order valence-corrected chi connectivity index (χ3v) is 1.05. The second-order valence-electron chi connectivity index (χ2n) is 1.14. The molecule has 0 amide bonds. The second-order valence-corrected chi connectivity index (χ2v) is 2.24. The molecule has 0 aliphatic heterocycles. The van der Waals surface area contributed by atoms with E-state index in [1.165, 1.54) is 0 Å². The van der Waals surface area contributed by atoms with Crippen LogP contribution in [0, 0.1) is 3.70 Å². The van der Waals surface area contributed by atoms with Crippen molar-refractivity contribution in [2.24, 2.45) is 0 Å². The first-order chi connectivity index (χ1) is 3.79. The normalized spacial score (nSPS) is 9.12. The maximum absolute atomic E-state index is 5.14. The van der Waals surface area contributed by atoms with Crippen molar-refractivity contribution in [3.8, 4) is 0 Å². The lowest BCUT2D eigenvalue weighted by Crippen LogP contribution is -1.96. The van der Waals surface area contributed by atoms with Crippen LogP contribution in [0.3, 0.4) is 0 Å². The molecule has 0 aliphatic carbocycles. The SMILES string of the molecule is Nc1ncc(I)nn1. The van der Waals surface area contributed by atoms with E-state index in [0.717, 1.165) is 3.70 Å². The first kappa shape index (κ1) is 5.67. The Morgan fingerprint density at radius 3 is 2.62 bits per heavy atom. The molecule has 0 atom stereocenters. The number of hydrogen-bond donors (Lipinski definition) is 1. The topological polar surface area (TPSA) is 64.7 Å². The van der Waals surface area contributed by atoms with Crippen molar-refractivity contribution in [3.05, 3.63) is 9.90 Å². The van der Waals surface area contributed by atoms with Crippen molar-refractivity contribution in [1.82, 2.24) is 15.2 Å². The van der Waals surface area contributed by atoms with Gasteiger partial charge in [-0.1, -0.05) is 0 Å². The predicted molar refractivity (Wildman–Crippen MR) is 37.0 cm³/mol. The molecule has 0 fully saturated rings. The maximum Gasteiger partial charge on any atom is 0.240 e. The summed E-state index contributed by atoms with van der Waals surface area (Å²) in [6, 6.07) is 0. The van der Waals surface area contributed by atoms with E-state index < -0.39 is 0 Å². The summed E-state index contributed by atoms with van der Waals surface area (Å²) in [5.74, 6) is 0.213. The number of anilines is 1. The highest BCUT2D eigenvalue weighted by atomic mass is 127. The van der Waals surface area contributed by atoms with Gasteiger partial charge in [-0.2, -0.15) is 0 Å². The largest absolute Gasteiger partial charge is 0.366 e. The molecule has 5 heteroatoms. The molecule has 8 heavy (non-hydrogen) atoms. The molecule has 0 aromatic carbocycles. The van der Waals surface area contributed by atoms with Gasteiger partial charge in [0.05, 0.1) is 6.20 Å². The Labute approximate surface area is 59.7 Å². The monoisotopic (exact) mass is 222 g/mol. The lowest BCUT2D eigenvalue weighted by Gasteiger charge is -1.85. The maximum atomic E-state index is 5.14. The van der Waals surface area contributed by atoms with Gasteiger partial charge in [0.25, 0.3) is 0 Å². The zero-order chi connectivity index (χ0) is 5.98. The van der Waals surface area contributed by atoms with Crippen molar-refractivity contribution in [1.29, 1.82) is 0 Å². The number of halogens is 1. The first-order valence-electron chi connectivity index (χ1n) is 1.90. The van der Waals surface area contributed by atoms with Gasteiger partial charge in [0.2, 0.25) is 5.95 Å². The Balaban J connectivity index is 3.03. The average Bonchev–Trinajstić information content (AvgIpc) is 1.77. The van der Waals surface area contributed by atoms with Crippen LogP contribution in [-0.2, 0) is 0 Å². The van der Waals surface area contributed by atoms with E-state index in [9.17, 15) is 0 Å². The van der Waals surface area contributed by atoms with Gasteiger partial charge in [-0.15, -0.1) is 10.2 Å². The minimum atomic E-state index is 0.213. The highest BCUT2D eigenvalue weighted by molar-refractivity contribution is 14.1. The molecule has 42 valence electrons. The number of aromatic nitrogens is 3. The van der Waals surface area contributed by atoms with Crippen LogP contribution in [0.4, 0.5) is 5.95 Å². The Bertz CT molecular complexity index is 150. The van der Waals surface area contributed by atoms with Crippen LogP contribution in [0.1, 0.15) is 0 Å². The van der Waals surface area contributed by atoms with E-state index in [-0.39, 0.29) is 5.95 Å².